The number of fused-ring (bicyclic) bond motifs is 1. The van der Waals surface area contributed by atoms with Gasteiger partial charge in [0.1, 0.15) is 11.5 Å². The average molecular weight is 504 g/mol. The summed E-state index contributed by atoms with van der Waals surface area (Å²) in [6, 6.07) is 19.0. The van der Waals surface area contributed by atoms with Gasteiger partial charge < -0.3 is 14.8 Å². The van der Waals surface area contributed by atoms with Crippen LogP contribution in [0.1, 0.15) is 19.8 Å². The summed E-state index contributed by atoms with van der Waals surface area (Å²) in [6.45, 7) is 2.24. The number of nitrogens with one attached hydrogen (secondary N) is 1. The minimum atomic E-state index is 0.440. The zero-order valence-corrected chi connectivity index (χ0v) is 20.5. The van der Waals surface area contributed by atoms with E-state index in [9.17, 15) is 0 Å². The van der Waals surface area contributed by atoms with E-state index in [-0.39, 0.29) is 0 Å². The predicted octanol–water partition coefficient (Wildman–Crippen LogP) is 6.95. The Morgan fingerprint density at radius 2 is 1.67 bits per heavy atom. The number of aromatic nitrogens is 2. The van der Waals surface area contributed by atoms with Crippen molar-refractivity contribution in [3.63, 3.8) is 0 Å². The van der Waals surface area contributed by atoms with E-state index in [0.29, 0.717) is 6.04 Å². The molecule has 5 rings (SSSR count). The Hall–Kier alpha value is -3.12. The van der Waals surface area contributed by atoms with Gasteiger partial charge in [-0.15, -0.1) is 0 Å². The van der Waals surface area contributed by atoms with Gasteiger partial charge in [-0.2, -0.15) is 10.2 Å². The minimum Gasteiger partial charge on any atom is -0.496 e. The van der Waals surface area contributed by atoms with E-state index < -0.39 is 0 Å². The highest BCUT2D eigenvalue weighted by Crippen LogP contribution is 2.40. The first-order chi connectivity index (χ1) is 16.1. The van der Waals surface area contributed by atoms with Crippen molar-refractivity contribution in [2.75, 3.05) is 19.5 Å². The molecule has 1 aromatic heterocycles. The van der Waals surface area contributed by atoms with Crippen LogP contribution in [0.2, 0.25) is 0 Å². The zero-order chi connectivity index (χ0) is 22.9. The zero-order valence-electron chi connectivity index (χ0n) is 18.9. The molecule has 0 saturated heterocycles. The Balaban J connectivity index is 1.57. The highest BCUT2D eigenvalue weighted by Gasteiger charge is 2.28. The number of ether oxygens (including phenoxy) is 2. The van der Waals surface area contributed by atoms with Gasteiger partial charge in [0.15, 0.2) is 0 Å². The predicted molar refractivity (Wildman–Crippen MR) is 137 cm³/mol. The lowest BCUT2D eigenvalue weighted by atomic mass is 9.96. The molecular weight excluding hydrogens is 478 g/mol. The molecule has 6 heteroatoms. The van der Waals surface area contributed by atoms with E-state index in [1.165, 1.54) is 12.8 Å². The van der Waals surface area contributed by atoms with Gasteiger partial charge in [-0.05, 0) is 79.3 Å². The van der Waals surface area contributed by atoms with Crippen molar-refractivity contribution in [1.82, 2.24) is 10.2 Å². The maximum Gasteiger partial charge on any atom is 0.127 e. The van der Waals surface area contributed by atoms with E-state index in [2.05, 4.69) is 74.8 Å². The van der Waals surface area contributed by atoms with Gasteiger partial charge in [0, 0.05) is 27.0 Å². The van der Waals surface area contributed by atoms with Crippen LogP contribution in [0.25, 0.3) is 33.2 Å². The third kappa shape index (κ3) is 4.40. The Labute approximate surface area is 202 Å². The van der Waals surface area contributed by atoms with Crippen LogP contribution >= 0.6 is 15.9 Å². The molecule has 1 aliphatic rings. The number of methoxy groups -OCH3 is 2. The third-order valence-corrected chi connectivity index (χ3v) is 6.83. The second-order valence-corrected chi connectivity index (χ2v) is 9.44. The van der Waals surface area contributed by atoms with E-state index in [4.69, 9.17) is 9.47 Å². The second kappa shape index (κ2) is 9.02. The molecule has 0 spiro atoms. The van der Waals surface area contributed by atoms with Crippen LogP contribution in [0.3, 0.4) is 0 Å². The molecule has 0 aliphatic heterocycles. The van der Waals surface area contributed by atoms with Crippen LogP contribution in [-0.4, -0.2) is 30.5 Å². The molecule has 0 amide bonds. The third-order valence-electron chi connectivity index (χ3n) is 6.34. The highest BCUT2D eigenvalue weighted by molar-refractivity contribution is 9.10. The molecule has 1 fully saturated rings. The van der Waals surface area contributed by atoms with Crippen LogP contribution in [0.5, 0.6) is 11.5 Å². The van der Waals surface area contributed by atoms with Crippen molar-refractivity contribution in [1.29, 1.82) is 0 Å². The minimum absolute atomic E-state index is 0.440. The molecule has 0 radical (unpaired) electrons. The number of nitrogens with zero attached hydrogens (tertiary/aromatic N) is 2. The maximum atomic E-state index is 5.70. The summed E-state index contributed by atoms with van der Waals surface area (Å²) < 4.78 is 12.3. The van der Waals surface area contributed by atoms with Gasteiger partial charge in [0.05, 0.1) is 31.6 Å². The van der Waals surface area contributed by atoms with Crippen molar-refractivity contribution in [2.45, 2.75) is 25.8 Å². The number of benzene rings is 3. The van der Waals surface area contributed by atoms with Crippen molar-refractivity contribution in [3.8, 4) is 33.8 Å². The van der Waals surface area contributed by atoms with Crippen LogP contribution in [0.15, 0.2) is 65.3 Å². The molecule has 1 N–H and O–H groups in total. The molecule has 1 saturated carbocycles. The topological polar surface area (TPSA) is 56.3 Å². The summed E-state index contributed by atoms with van der Waals surface area (Å²) in [5, 5.41) is 13.4. The maximum absolute atomic E-state index is 5.70. The second-order valence-electron chi connectivity index (χ2n) is 8.52. The van der Waals surface area contributed by atoms with E-state index in [1.54, 1.807) is 14.2 Å². The van der Waals surface area contributed by atoms with Crippen molar-refractivity contribution >= 4 is 32.5 Å². The largest absolute Gasteiger partial charge is 0.496 e. The molecule has 33 heavy (non-hydrogen) atoms. The van der Waals surface area contributed by atoms with E-state index in [0.717, 1.165) is 60.7 Å². The molecule has 5 nitrogen and oxygen atoms in total. The lowest BCUT2D eigenvalue weighted by Gasteiger charge is -2.16. The fraction of sp³-hybridized carbons (Fsp3) is 0.259. The molecule has 1 aliphatic carbocycles. The standard InChI is InChI=1S/C27H26BrN3O2/c1-16(17-4-5-17)30-25-15-29-31-24-13-19(6-9-22(24)25)23-12-18(7-11-26(23)32-2)21-10-8-20(28)14-27(21)33-3/h6-17H,4-5H2,1-3H3,(H,30,31)/t16-/m1/s1. The first-order valence-electron chi connectivity index (χ1n) is 11.1. The molecule has 0 bridgehead atoms. The first kappa shape index (κ1) is 21.7. The number of halogens is 1. The van der Waals surface area contributed by atoms with Crippen LogP contribution in [0.4, 0.5) is 5.69 Å². The number of anilines is 1. The SMILES string of the molecule is COc1cc(Br)ccc1-c1ccc(OC)c(-c2ccc3c(N[C@H](C)C4CC4)cnnc3c2)c1. The van der Waals surface area contributed by atoms with Gasteiger partial charge in [0.2, 0.25) is 0 Å². The van der Waals surface area contributed by atoms with Crippen LogP contribution in [0, 0.1) is 5.92 Å². The lowest BCUT2D eigenvalue weighted by Crippen LogP contribution is -2.17. The van der Waals surface area contributed by atoms with Gasteiger partial charge in [-0.1, -0.05) is 28.1 Å². The summed E-state index contributed by atoms with van der Waals surface area (Å²) >= 11 is 3.52. The normalized spacial score (nSPS) is 14.2. The molecule has 1 atom stereocenters. The highest BCUT2D eigenvalue weighted by atomic mass is 79.9. The van der Waals surface area contributed by atoms with Gasteiger partial charge in [-0.25, -0.2) is 0 Å². The summed E-state index contributed by atoms with van der Waals surface area (Å²) in [5.41, 5.74) is 5.98. The Morgan fingerprint density at radius 3 is 2.42 bits per heavy atom. The monoisotopic (exact) mass is 503 g/mol. The molecule has 1 heterocycles. The fourth-order valence-electron chi connectivity index (χ4n) is 4.31. The number of rotatable bonds is 7. The van der Waals surface area contributed by atoms with Crippen molar-refractivity contribution < 1.29 is 9.47 Å². The van der Waals surface area contributed by atoms with E-state index >= 15 is 0 Å². The smallest absolute Gasteiger partial charge is 0.127 e. The summed E-state index contributed by atoms with van der Waals surface area (Å²) in [4.78, 5) is 0. The van der Waals surface area contributed by atoms with Crippen LogP contribution < -0.4 is 14.8 Å². The molecule has 0 unspecified atom stereocenters. The summed E-state index contributed by atoms with van der Waals surface area (Å²) in [6.07, 6.45) is 4.42. The van der Waals surface area contributed by atoms with Crippen LogP contribution in [-0.2, 0) is 0 Å². The van der Waals surface area contributed by atoms with Gasteiger partial charge >= 0.3 is 0 Å². The molecular formula is C27H26BrN3O2. The Kier molecular flexibility index (Phi) is 5.94. The first-order valence-corrected chi connectivity index (χ1v) is 11.9. The number of hydrogen-bond acceptors (Lipinski definition) is 5. The quantitative estimate of drug-likeness (QED) is 0.295. The van der Waals surface area contributed by atoms with Gasteiger partial charge in [-0.3, -0.25) is 0 Å². The lowest BCUT2D eigenvalue weighted by molar-refractivity contribution is 0.415. The number of hydrogen-bond donors (Lipinski definition) is 1. The summed E-state index contributed by atoms with van der Waals surface area (Å²) in [7, 11) is 3.38. The van der Waals surface area contributed by atoms with Crippen molar-refractivity contribution in [2.24, 2.45) is 5.92 Å². The molecule has 4 aromatic rings. The average Bonchev–Trinajstić information content (AvgIpc) is 3.69. The van der Waals surface area contributed by atoms with Gasteiger partial charge in [0.25, 0.3) is 0 Å². The molecule has 3 aromatic carbocycles. The van der Waals surface area contributed by atoms with Crippen molar-refractivity contribution in [3.05, 3.63) is 65.3 Å². The Bertz CT molecular complexity index is 1320. The summed E-state index contributed by atoms with van der Waals surface area (Å²) in [5.74, 6) is 2.37. The molecule has 168 valence electrons. The Morgan fingerprint density at radius 1 is 0.909 bits per heavy atom. The fourth-order valence-corrected chi connectivity index (χ4v) is 4.65. The van der Waals surface area contributed by atoms with E-state index in [1.807, 2.05) is 24.4 Å².